The number of halogens is 2. The molecule has 0 bridgehead atoms. The molecule has 3 rings (SSSR count). The van der Waals surface area contributed by atoms with Crippen molar-refractivity contribution in [1.82, 2.24) is 15.7 Å². The topological polar surface area (TPSA) is 120 Å². The molecule has 0 unspecified atom stereocenters. The number of anilines is 1. The average Bonchev–Trinajstić information content (AvgIpc) is 3.19. The highest BCUT2D eigenvalue weighted by Crippen LogP contribution is 2.34. The van der Waals surface area contributed by atoms with E-state index in [2.05, 4.69) is 25.5 Å². The Morgan fingerprint density at radius 2 is 2.08 bits per heavy atom. The van der Waals surface area contributed by atoms with Gasteiger partial charge in [0.15, 0.2) is 0 Å². The van der Waals surface area contributed by atoms with Crippen LogP contribution in [0.5, 0.6) is 0 Å². The lowest BCUT2D eigenvalue weighted by molar-refractivity contribution is 0.0946. The van der Waals surface area contributed by atoms with Gasteiger partial charge < -0.3 is 10.2 Å². The summed E-state index contributed by atoms with van der Waals surface area (Å²) in [4.78, 5) is 11.7. The number of hydrazone groups is 1. The maximum atomic E-state index is 11.7. The van der Waals surface area contributed by atoms with Gasteiger partial charge in [-0.1, -0.05) is 29.3 Å². The Morgan fingerprint density at radius 1 is 1.25 bits per heavy atom. The minimum atomic E-state index is -0.658. The summed E-state index contributed by atoms with van der Waals surface area (Å²) >= 11 is 12.1. The molecule has 0 radical (unpaired) electrons. The van der Waals surface area contributed by atoms with E-state index in [0.717, 1.165) is 0 Å². The highest BCUT2D eigenvalue weighted by atomic mass is 35.5. The lowest BCUT2D eigenvalue weighted by atomic mass is 10.2. The minimum Gasteiger partial charge on any atom is -0.455 e. The molecule has 0 fully saturated rings. The molecule has 8 nitrogen and oxygen atoms in total. The van der Waals surface area contributed by atoms with E-state index in [-0.39, 0.29) is 11.5 Å². The van der Waals surface area contributed by atoms with Crippen LogP contribution in [0.1, 0.15) is 16.2 Å². The van der Waals surface area contributed by atoms with Gasteiger partial charge in [-0.25, -0.2) is 10.1 Å². The first-order chi connectivity index (χ1) is 11.6. The van der Waals surface area contributed by atoms with Crippen LogP contribution in [0.3, 0.4) is 0 Å². The summed E-state index contributed by atoms with van der Waals surface area (Å²) in [6, 6.07) is 8.58. The van der Waals surface area contributed by atoms with Gasteiger partial charge in [0, 0.05) is 5.56 Å². The summed E-state index contributed by atoms with van der Waals surface area (Å²) in [7, 11) is 0. The van der Waals surface area contributed by atoms with E-state index >= 15 is 0 Å². The second-order valence-electron chi connectivity index (χ2n) is 4.50. The third kappa shape index (κ3) is 3.24. The summed E-state index contributed by atoms with van der Waals surface area (Å²) in [6.07, 6.45) is 1.31. The molecule has 0 aliphatic heterocycles. The van der Waals surface area contributed by atoms with Crippen LogP contribution in [0.25, 0.3) is 11.3 Å². The van der Waals surface area contributed by atoms with Gasteiger partial charge in [0.2, 0.25) is 11.5 Å². The van der Waals surface area contributed by atoms with E-state index in [1.54, 1.807) is 30.3 Å². The number of amides is 1. The average molecular weight is 366 g/mol. The van der Waals surface area contributed by atoms with Gasteiger partial charge in [-0.05, 0) is 34.6 Å². The standard InChI is InChI=1S/C14H9Cl2N5O3/c15-9-3-1-2-8(11(9)16)10-5-4-7(23-10)6-18-19-14(22)12-13(17)21-24-20-12/h1-6H,(H2,17,21)(H,19,22)/b18-6-. The van der Waals surface area contributed by atoms with E-state index < -0.39 is 5.91 Å². The summed E-state index contributed by atoms with van der Waals surface area (Å²) < 4.78 is 9.91. The van der Waals surface area contributed by atoms with Crippen LogP contribution in [0.4, 0.5) is 5.82 Å². The molecule has 3 aromatic rings. The minimum absolute atomic E-state index is 0.126. The Kier molecular flexibility index (Phi) is 4.50. The lowest BCUT2D eigenvalue weighted by Gasteiger charge is -2.01. The van der Waals surface area contributed by atoms with Gasteiger partial charge in [-0.2, -0.15) is 5.10 Å². The second kappa shape index (κ2) is 6.73. The zero-order valence-electron chi connectivity index (χ0n) is 11.9. The van der Waals surface area contributed by atoms with Crippen molar-refractivity contribution in [3.05, 3.63) is 51.8 Å². The van der Waals surface area contributed by atoms with E-state index in [1.165, 1.54) is 6.21 Å². The molecule has 1 amide bonds. The maximum Gasteiger partial charge on any atom is 0.297 e. The van der Waals surface area contributed by atoms with Crippen molar-refractivity contribution in [2.24, 2.45) is 5.10 Å². The summed E-state index contributed by atoms with van der Waals surface area (Å²) in [5.74, 6) is 0.126. The Bertz CT molecular complexity index is 919. The molecule has 0 saturated carbocycles. The van der Waals surface area contributed by atoms with Gasteiger partial charge in [-0.3, -0.25) is 4.79 Å². The van der Waals surface area contributed by atoms with Crippen molar-refractivity contribution >= 4 is 41.1 Å². The molecule has 3 N–H and O–H groups in total. The Hall–Kier alpha value is -2.84. The van der Waals surface area contributed by atoms with E-state index in [4.69, 9.17) is 33.4 Å². The Labute approximate surface area is 145 Å². The van der Waals surface area contributed by atoms with E-state index in [1.807, 2.05) is 0 Å². The molecule has 0 aliphatic rings. The predicted molar refractivity (Wildman–Crippen MR) is 87.9 cm³/mol. The van der Waals surface area contributed by atoms with Gasteiger partial charge in [0.1, 0.15) is 11.5 Å². The highest BCUT2D eigenvalue weighted by molar-refractivity contribution is 6.43. The van der Waals surface area contributed by atoms with Gasteiger partial charge in [0.05, 0.1) is 16.3 Å². The van der Waals surface area contributed by atoms with Crippen LogP contribution in [0, 0.1) is 0 Å². The smallest absolute Gasteiger partial charge is 0.297 e. The van der Waals surface area contributed by atoms with Crippen LogP contribution >= 0.6 is 23.2 Å². The largest absolute Gasteiger partial charge is 0.455 e. The molecule has 0 aliphatic carbocycles. The van der Waals surface area contributed by atoms with Crippen molar-refractivity contribution in [1.29, 1.82) is 0 Å². The number of nitrogen functional groups attached to an aromatic ring is 1. The third-order valence-electron chi connectivity index (χ3n) is 2.93. The number of aromatic nitrogens is 2. The monoisotopic (exact) mass is 365 g/mol. The molecule has 0 spiro atoms. The fourth-order valence-electron chi connectivity index (χ4n) is 1.82. The number of carbonyl (C=O) groups is 1. The number of nitrogens with one attached hydrogen (secondary N) is 1. The fraction of sp³-hybridized carbons (Fsp3) is 0. The number of benzene rings is 1. The second-order valence-corrected chi connectivity index (χ2v) is 5.29. The van der Waals surface area contributed by atoms with Gasteiger partial charge in [0.25, 0.3) is 5.91 Å². The lowest BCUT2D eigenvalue weighted by Crippen LogP contribution is -2.19. The molecular formula is C14H9Cl2N5O3. The number of furan rings is 1. The number of carbonyl (C=O) groups excluding carboxylic acids is 1. The van der Waals surface area contributed by atoms with Crippen LogP contribution in [-0.4, -0.2) is 22.4 Å². The zero-order chi connectivity index (χ0) is 17.1. The van der Waals surface area contributed by atoms with Crippen molar-refractivity contribution in [2.75, 3.05) is 5.73 Å². The van der Waals surface area contributed by atoms with Crippen LogP contribution in [0.15, 0.2) is 44.5 Å². The molecule has 0 saturated heterocycles. The summed E-state index contributed by atoms with van der Waals surface area (Å²) in [5, 5.41) is 11.2. The summed E-state index contributed by atoms with van der Waals surface area (Å²) in [6.45, 7) is 0. The Morgan fingerprint density at radius 3 is 2.83 bits per heavy atom. The van der Waals surface area contributed by atoms with Crippen molar-refractivity contribution < 1.29 is 13.8 Å². The third-order valence-corrected chi connectivity index (χ3v) is 3.75. The van der Waals surface area contributed by atoms with Crippen LogP contribution in [-0.2, 0) is 0 Å². The quantitative estimate of drug-likeness (QED) is 0.541. The first-order valence-corrected chi connectivity index (χ1v) is 7.27. The molecular weight excluding hydrogens is 357 g/mol. The molecule has 122 valence electrons. The maximum absolute atomic E-state index is 11.7. The van der Waals surface area contributed by atoms with Crippen LogP contribution in [0.2, 0.25) is 10.0 Å². The SMILES string of the molecule is Nc1nonc1C(=O)N/N=C\c1ccc(-c2cccc(Cl)c2Cl)o1. The Balaban J connectivity index is 1.71. The molecule has 2 heterocycles. The number of nitrogens with two attached hydrogens (primary N) is 1. The number of rotatable bonds is 4. The molecule has 1 aromatic carbocycles. The van der Waals surface area contributed by atoms with E-state index in [9.17, 15) is 4.79 Å². The van der Waals surface area contributed by atoms with Gasteiger partial charge in [-0.15, -0.1) is 0 Å². The first kappa shape index (κ1) is 16.0. The fourth-order valence-corrected chi connectivity index (χ4v) is 2.22. The number of hydrogen-bond donors (Lipinski definition) is 2. The molecule has 2 aromatic heterocycles. The summed E-state index contributed by atoms with van der Waals surface area (Å²) in [5.41, 5.74) is 8.11. The predicted octanol–water partition coefficient (Wildman–Crippen LogP) is 2.98. The molecule has 0 atom stereocenters. The van der Waals surface area contributed by atoms with Crippen molar-refractivity contribution in [3.63, 3.8) is 0 Å². The van der Waals surface area contributed by atoms with Gasteiger partial charge >= 0.3 is 0 Å². The number of nitrogens with zero attached hydrogens (tertiary/aromatic N) is 3. The van der Waals surface area contributed by atoms with Crippen molar-refractivity contribution in [2.45, 2.75) is 0 Å². The normalized spacial score (nSPS) is 11.1. The van der Waals surface area contributed by atoms with Crippen molar-refractivity contribution in [3.8, 4) is 11.3 Å². The van der Waals surface area contributed by atoms with E-state index in [0.29, 0.717) is 27.1 Å². The van der Waals surface area contributed by atoms with Crippen LogP contribution < -0.4 is 11.2 Å². The molecule has 10 heteroatoms. The first-order valence-electron chi connectivity index (χ1n) is 6.52. The number of hydrogen-bond acceptors (Lipinski definition) is 7. The zero-order valence-corrected chi connectivity index (χ0v) is 13.4. The molecule has 24 heavy (non-hydrogen) atoms. The highest BCUT2D eigenvalue weighted by Gasteiger charge is 2.15.